The number of non-ortho nitro benzene ring substituents is 1. The zero-order valence-electron chi connectivity index (χ0n) is 12.6. The van der Waals surface area contributed by atoms with E-state index >= 15 is 0 Å². The van der Waals surface area contributed by atoms with E-state index in [0.29, 0.717) is 12.6 Å². The monoisotopic (exact) mass is 406 g/mol. The van der Waals surface area contributed by atoms with Gasteiger partial charge in [-0.25, -0.2) is 4.99 Å². The number of nitrogens with zero attached hydrogens (tertiary/aromatic N) is 2. The molecule has 7 heteroatoms. The maximum Gasteiger partial charge on any atom is 0.269 e. The summed E-state index contributed by atoms with van der Waals surface area (Å²) in [7, 11) is 0. The molecule has 118 valence electrons. The number of hydrogen-bond donors (Lipinski definition) is 2. The minimum atomic E-state index is -0.401. The van der Waals surface area contributed by atoms with Crippen molar-refractivity contribution in [1.29, 1.82) is 0 Å². The third-order valence-corrected chi connectivity index (χ3v) is 2.53. The van der Waals surface area contributed by atoms with E-state index in [0.717, 1.165) is 24.5 Å². The highest BCUT2D eigenvalue weighted by Gasteiger charge is 2.04. The van der Waals surface area contributed by atoms with Crippen molar-refractivity contribution in [2.45, 2.75) is 39.8 Å². The molecule has 0 aliphatic rings. The molecule has 0 bridgehead atoms. The Bertz CT molecular complexity index is 461. The highest BCUT2D eigenvalue weighted by atomic mass is 127. The summed E-state index contributed by atoms with van der Waals surface area (Å²) in [6, 6.07) is 6.76. The van der Waals surface area contributed by atoms with Crippen LogP contribution in [0.25, 0.3) is 0 Å². The normalized spacial score (nSPS) is 11.0. The fraction of sp³-hybridized carbons (Fsp3) is 0.500. The third-order valence-electron chi connectivity index (χ3n) is 2.53. The number of halogens is 1. The lowest BCUT2D eigenvalue weighted by atomic mass is 10.2. The van der Waals surface area contributed by atoms with Crippen molar-refractivity contribution in [2.75, 3.05) is 6.54 Å². The average Bonchev–Trinajstić information content (AvgIpc) is 2.41. The Kier molecular flexibility index (Phi) is 9.68. The van der Waals surface area contributed by atoms with E-state index in [4.69, 9.17) is 0 Å². The van der Waals surface area contributed by atoms with Crippen molar-refractivity contribution in [3.05, 3.63) is 39.9 Å². The molecule has 6 nitrogen and oxygen atoms in total. The quantitative estimate of drug-likeness (QED) is 0.250. The standard InChI is InChI=1S/C14H22N4O2.HI/c1-4-9-15-14(17-11(2)3)16-10-12-5-7-13(8-6-12)18(19)20;/h5-8,11H,4,9-10H2,1-3H3,(H2,15,16,17);1H. The summed E-state index contributed by atoms with van der Waals surface area (Å²) in [5.74, 6) is 0.764. The molecule has 0 unspecified atom stereocenters. The molecule has 0 amide bonds. The summed E-state index contributed by atoms with van der Waals surface area (Å²) in [5, 5.41) is 17.1. The Balaban J connectivity index is 0.00000400. The van der Waals surface area contributed by atoms with Crippen LogP contribution in [0.4, 0.5) is 5.69 Å². The third kappa shape index (κ3) is 7.84. The maximum atomic E-state index is 10.6. The molecule has 1 rings (SSSR count). The summed E-state index contributed by atoms with van der Waals surface area (Å²) in [4.78, 5) is 14.6. The number of hydrogen-bond acceptors (Lipinski definition) is 3. The highest BCUT2D eigenvalue weighted by molar-refractivity contribution is 14.0. The smallest absolute Gasteiger partial charge is 0.269 e. The lowest BCUT2D eigenvalue weighted by Crippen LogP contribution is -2.41. The van der Waals surface area contributed by atoms with Gasteiger partial charge in [0, 0.05) is 24.7 Å². The van der Waals surface area contributed by atoms with Crippen molar-refractivity contribution >= 4 is 35.6 Å². The van der Waals surface area contributed by atoms with Crippen LogP contribution in [-0.4, -0.2) is 23.5 Å². The largest absolute Gasteiger partial charge is 0.356 e. The van der Waals surface area contributed by atoms with Gasteiger partial charge in [0.2, 0.25) is 0 Å². The first-order chi connectivity index (χ1) is 9.52. The van der Waals surface area contributed by atoms with Gasteiger partial charge in [-0.3, -0.25) is 10.1 Å². The number of aliphatic imine (C=N–C) groups is 1. The predicted octanol–water partition coefficient (Wildman–Crippen LogP) is 3.07. The maximum absolute atomic E-state index is 10.6. The minimum absolute atomic E-state index is 0. The van der Waals surface area contributed by atoms with Gasteiger partial charge in [-0.1, -0.05) is 19.1 Å². The average molecular weight is 406 g/mol. The number of nitro benzene ring substituents is 1. The molecule has 0 saturated heterocycles. The van der Waals surface area contributed by atoms with E-state index in [1.54, 1.807) is 12.1 Å². The van der Waals surface area contributed by atoms with Gasteiger partial charge in [-0.2, -0.15) is 0 Å². The first-order valence-corrected chi connectivity index (χ1v) is 6.81. The number of guanidine groups is 1. The fourth-order valence-electron chi connectivity index (χ4n) is 1.56. The van der Waals surface area contributed by atoms with Crippen LogP contribution in [0.5, 0.6) is 0 Å². The molecule has 1 aromatic rings. The topological polar surface area (TPSA) is 79.6 Å². The molecule has 1 aromatic carbocycles. The Labute approximate surface area is 142 Å². The molecular weight excluding hydrogens is 383 g/mol. The van der Waals surface area contributed by atoms with E-state index in [2.05, 4.69) is 36.4 Å². The van der Waals surface area contributed by atoms with Gasteiger partial charge in [0.1, 0.15) is 0 Å². The molecule has 0 spiro atoms. The second-order valence-corrected chi connectivity index (χ2v) is 4.81. The zero-order chi connectivity index (χ0) is 15.0. The second kappa shape index (κ2) is 10.4. The van der Waals surface area contributed by atoms with Gasteiger partial charge in [-0.05, 0) is 25.8 Å². The molecular formula is C14H23IN4O2. The molecule has 0 aliphatic heterocycles. The van der Waals surface area contributed by atoms with Crippen LogP contribution in [-0.2, 0) is 6.54 Å². The molecule has 0 saturated carbocycles. The summed E-state index contributed by atoms with van der Waals surface area (Å²) in [5.41, 5.74) is 1.04. The summed E-state index contributed by atoms with van der Waals surface area (Å²) >= 11 is 0. The van der Waals surface area contributed by atoms with Crippen molar-refractivity contribution in [1.82, 2.24) is 10.6 Å². The minimum Gasteiger partial charge on any atom is -0.356 e. The van der Waals surface area contributed by atoms with Gasteiger partial charge in [0.05, 0.1) is 11.5 Å². The van der Waals surface area contributed by atoms with E-state index in [-0.39, 0.29) is 29.7 Å². The van der Waals surface area contributed by atoms with E-state index < -0.39 is 4.92 Å². The number of benzene rings is 1. The van der Waals surface area contributed by atoms with Crippen LogP contribution in [0.2, 0.25) is 0 Å². The van der Waals surface area contributed by atoms with Crippen molar-refractivity contribution in [3.8, 4) is 0 Å². The van der Waals surface area contributed by atoms with Gasteiger partial charge in [0.25, 0.3) is 5.69 Å². The Hall–Kier alpha value is -1.38. The summed E-state index contributed by atoms with van der Waals surface area (Å²) < 4.78 is 0. The van der Waals surface area contributed by atoms with Crippen LogP contribution >= 0.6 is 24.0 Å². The first kappa shape index (κ1) is 19.6. The fourth-order valence-corrected chi connectivity index (χ4v) is 1.56. The summed E-state index contributed by atoms with van der Waals surface area (Å²) in [6.45, 7) is 7.54. The number of rotatable bonds is 6. The molecule has 0 heterocycles. The molecule has 0 radical (unpaired) electrons. The van der Waals surface area contributed by atoms with Crippen LogP contribution in [0.15, 0.2) is 29.3 Å². The number of nitrogens with one attached hydrogen (secondary N) is 2. The molecule has 0 atom stereocenters. The zero-order valence-corrected chi connectivity index (χ0v) is 15.0. The molecule has 0 fully saturated rings. The van der Waals surface area contributed by atoms with Crippen LogP contribution < -0.4 is 10.6 Å². The molecule has 2 N–H and O–H groups in total. The Morgan fingerprint density at radius 1 is 1.33 bits per heavy atom. The SMILES string of the molecule is CCCNC(=NCc1ccc([N+](=O)[O-])cc1)NC(C)C.I. The second-order valence-electron chi connectivity index (χ2n) is 4.81. The first-order valence-electron chi connectivity index (χ1n) is 6.81. The lowest BCUT2D eigenvalue weighted by molar-refractivity contribution is -0.384. The van der Waals surface area contributed by atoms with E-state index in [1.807, 2.05) is 0 Å². The molecule has 0 aliphatic carbocycles. The lowest BCUT2D eigenvalue weighted by Gasteiger charge is -2.14. The van der Waals surface area contributed by atoms with Crippen LogP contribution in [0.1, 0.15) is 32.8 Å². The molecule has 0 aromatic heterocycles. The van der Waals surface area contributed by atoms with Gasteiger partial charge in [-0.15, -0.1) is 24.0 Å². The van der Waals surface area contributed by atoms with Gasteiger partial charge in [0.15, 0.2) is 5.96 Å². The Morgan fingerprint density at radius 2 is 1.95 bits per heavy atom. The van der Waals surface area contributed by atoms with Crippen molar-refractivity contribution in [3.63, 3.8) is 0 Å². The van der Waals surface area contributed by atoms with Gasteiger partial charge >= 0.3 is 0 Å². The van der Waals surface area contributed by atoms with Crippen LogP contribution in [0.3, 0.4) is 0 Å². The highest BCUT2D eigenvalue weighted by Crippen LogP contribution is 2.12. The van der Waals surface area contributed by atoms with E-state index in [1.165, 1.54) is 12.1 Å². The van der Waals surface area contributed by atoms with E-state index in [9.17, 15) is 10.1 Å². The Morgan fingerprint density at radius 3 is 2.43 bits per heavy atom. The summed E-state index contributed by atoms with van der Waals surface area (Å²) in [6.07, 6.45) is 1.02. The van der Waals surface area contributed by atoms with Crippen LogP contribution in [0, 0.1) is 10.1 Å². The van der Waals surface area contributed by atoms with Crippen molar-refractivity contribution < 1.29 is 4.92 Å². The molecule has 21 heavy (non-hydrogen) atoms. The van der Waals surface area contributed by atoms with Crippen molar-refractivity contribution in [2.24, 2.45) is 4.99 Å². The van der Waals surface area contributed by atoms with Gasteiger partial charge < -0.3 is 10.6 Å². The predicted molar refractivity (Wildman–Crippen MR) is 96.2 cm³/mol. The number of nitro groups is 1.